The van der Waals surface area contributed by atoms with Gasteiger partial charge in [0.1, 0.15) is 5.60 Å². The number of ether oxygens (including phenoxy) is 1. The number of hydrogen-bond acceptors (Lipinski definition) is 5. The molecule has 0 unspecified atom stereocenters. The quantitative estimate of drug-likeness (QED) is 0.591. The Kier molecular flexibility index (Phi) is 8.01. The van der Waals surface area contributed by atoms with Crippen LogP contribution >= 0.6 is 0 Å². The number of carbonyl (C=O) groups is 2. The molecule has 0 aromatic heterocycles. The summed E-state index contributed by atoms with van der Waals surface area (Å²) in [6, 6.07) is 6.70. The van der Waals surface area contributed by atoms with Crippen LogP contribution in [0.3, 0.4) is 0 Å². The van der Waals surface area contributed by atoms with E-state index in [1.54, 1.807) is 45.0 Å². The molecule has 0 bridgehead atoms. The van der Waals surface area contributed by atoms with Crippen molar-refractivity contribution < 1.29 is 22.7 Å². The smallest absolute Gasteiger partial charge is 0.408 e. The lowest BCUT2D eigenvalue weighted by Crippen LogP contribution is -2.41. The second-order valence-corrected chi connectivity index (χ2v) is 10.1. The molecule has 1 rings (SSSR count). The Balaban J connectivity index is 2.40. The van der Waals surface area contributed by atoms with Gasteiger partial charge < -0.3 is 15.4 Å². The van der Waals surface area contributed by atoms with Crippen molar-refractivity contribution in [3.63, 3.8) is 0 Å². The van der Waals surface area contributed by atoms with Crippen LogP contribution in [-0.2, 0) is 25.0 Å². The van der Waals surface area contributed by atoms with Gasteiger partial charge in [0.25, 0.3) is 0 Å². The summed E-state index contributed by atoms with van der Waals surface area (Å²) in [6.45, 7) is 11.2. The van der Waals surface area contributed by atoms with Crippen molar-refractivity contribution >= 4 is 22.0 Å². The minimum atomic E-state index is -3.66. The number of carbonyl (C=O) groups excluding carboxylic acids is 2. The molecular weight excluding hydrogens is 382 g/mol. The van der Waals surface area contributed by atoms with E-state index in [0.717, 1.165) is 5.56 Å². The maximum Gasteiger partial charge on any atom is 0.408 e. The topological polar surface area (TPSA) is 114 Å². The molecule has 1 aromatic rings. The monoisotopic (exact) mass is 413 g/mol. The lowest BCUT2D eigenvalue weighted by Gasteiger charge is -2.19. The molecule has 28 heavy (non-hydrogen) atoms. The normalized spacial score (nSPS) is 12.4. The van der Waals surface area contributed by atoms with Gasteiger partial charge in [-0.1, -0.05) is 32.9 Å². The van der Waals surface area contributed by atoms with Gasteiger partial charge in [0, 0.05) is 13.1 Å². The Morgan fingerprint density at radius 2 is 1.50 bits per heavy atom. The van der Waals surface area contributed by atoms with E-state index in [0.29, 0.717) is 0 Å². The first-order chi connectivity index (χ1) is 12.7. The number of amides is 2. The first-order valence-corrected chi connectivity index (χ1v) is 10.5. The number of benzene rings is 1. The lowest BCUT2D eigenvalue weighted by molar-refractivity contribution is -0.120. The molecule has 0 aliphatic heterocycles. The predicted octanol–water partition coefficient (Wildman–Crippen LogP) is 1.90. The Labute approximate surface area is 167 Å². The van der Waals surface area contributed by atoms with Crippen LogP contribution in [0.5, 0.6) is 0 Å². The highest BCUT2D eigenvalue weighted by Gasteiger charge is 2.18. The maximum absolute atomic E-state index is 12.3. The standard InChI is InChI=1S/C19H31N3O5S/c1-18(2,3)14-7-9-15(10-8-14)28(25,26)22-12-11-20-16(23)13-21-17(24)27-19(4,5)6/h7-10,22H,11-13H2,1-6H3,(H,20,23)(H,21,24). The van der Waals surface area contributed by atoms with Crippen molar-refractivity contribution in [1.82, 2.24) is 15.4 Å². The fraction of sp³-hybridized carbons (Fsp3) is 0.579. The number of rotatable bonds is 7. The molecule has 0 heterocycles. The largest absolute Gasteiger partial charge is 0.444 e. The minimum Gasteiger partial charge on any atom is -0.444 e. The van der Waals surface area contributed by atoms with Crippen molar-refractivity contribution in [3.05, 3.63) is 29.8 Å². The zero-order valence-corrected chi connectivity index (χ0v) is 18.2. The van der Waals surface area contributed by atoms with E-state index in [-0.39, 0.29) is 29.9 Å². The van der Waals surface area contributed by atoms with Crippen LogP contribution in [-0.4, -0.2) is 45.7 Å². The van der Waals surface area contributed by atoms with Crippen LogP contribution in [0.1, 0.15) is 47.1 Å². The molecule has 0 aliphatic carbocycles. The van der Waals surface area contributed by atoms with Crippen molar-refractivity contribution in [2.75, 3.05) is 19.6 Å². The average molecular weight is 414 g/mol. The van der Waals surface area contributed by atoms with Crippen molar-refractivity contribution in [2.45, 2.75) is 57.5 Å². The lowest BCUT2D eigenvalue weighted by atomic mass is 9.87. The van der Waals surface area contributed by atoms with E-state index in [2.05, 4.69) is 36.1 Å². The van der Waals surface area contributed by atoms with Gasteiger partial charge in [0.15, 0.2) is 0 Å². The second-order valence-electron chi connectivity index (χ2n) is 8.38. The molecule has 2 amide bonds. The third kappa shape index (κ3) is 8.71. The fourth-order valence-electron chi connectivity index (χ4n) is 2.13. The van der Waals surface area contributed by atoms with Gasteiger partial charge in [0.2, 0.25) is 15.9 Å². The molecule has 0 spiro atoms. The number of sulfonamides is 1. The van der Waals surface area contributed by atoms with Crippen LogP contribution < -0.4 is 15.4 Å². The average Bonchev–Trinajstić information content (AvgIpc) is 2.55. The summed E-state index contributed by atoms with van der Waals surface area (Å²) in [7, 11) is -3.66. The van der Waals surface area contributed by atoms with Gasteiger partial charge in [-0.15, -0.1) is 0 Å². The van der Waals surface area contributed by atoms with Crippen molar-refractivity contribution in [2.24, 2.45) is 0 Å². The van der Waals surface area contributed by atoms with Crippen LogP contribution in [0.4, 0.5) is 4.79 Å². The third-order valence-corrected chi connectivity index (χ3v) is 5.04. The Morgan fingerprint density at radius 1 is 0.929 bits per heavy atom. The van der Waals surface area contributed by atoms with Crippen molar-refractivity contribution in [1.29, 1.82) is 0 Å². The van der Waals surface area contributed by atoms with Crippen molar-refractivity contribution in [3.8, 4) is 0 Å². The van der Waals surface area contributed by atoms with Gasteiger partial charge in [-0.2, -0.15) is 0 Å². The molecule has 3 N–H and O–H groups in total. The highest BCUT2D eigenvalue weighted by atomic mass is 32.2. The van der Waals surface area contributed by atoms with E-state index >= 15 is 0 Å². The molecule has 0 radical (unpaired) electrons. The summed E-state index contributed by atoms with van der Waals surface area (Å²) in [5, 5.41) is 4.85. The van der Waals surface area contributed by atoms with E-state index in [1.807, 2.05) is 0 Å². The number of nitrogens with one attached hydrogen (secondary N) is 3. The summed E-state index contributed by atoms with van der Waals surface area (Å²) < 4.78 is 32.0. The first kappa shape index (κ1) is 23.9. The zero-order valence-electron chi connectivity index (χ0n) is 17.4. The van der Waals surface area contributed by atoms with Crippen LogP contribution in [0.15, 0.2) is 29.2 Å². The highest BCUT2D eigenvalue weighted by Crippen LogP contribution is 2.23. The van der Waals surface area contributed by atoms with E-state index in [4.69, 9.17) is 4.74 Å². The van der Waals surface area contributed by atoms with Gasteiger partial charge in [0.05, 0.1) is 11.4 Å². The molecule has 158 valence electrons. The maximum atomic E-state index is 12.3. The van der Waals surface area contributed by atoms with Gasteiger partial charge >= 0.3 is 6.09 Å². The first-order valence-electron chi connectivity index (χ1n) is 9.04. The second kappa shape index (κ2) is 9.38. The SMILES string of the molecule is CC(C)(C)OC(=O)NCC(=O)NCCNS(=O)(=O)c1ccc(C(C)(C)C)cc1. The molecule has 1 aromatic carbocycles. The minimum absolute atomic E-state index is 0.0293. The van der Waals surface area contributed by atoms with Crippen LogP contribution in [0.2, 0.25) is 0 Å². The molecule has 8 nitrogen and oxygen atoms in total. The molecular formula is C19H31N3O5S. The number of alkyl carbamates (subject to hydrolysis) is 1. The number of hydrogen-bond donors (Lipinski definition) is 3. The highest BCUT2D eigenvalue weighted by molar-refractivity contribution is 7.89. The summed E-state index contributed by atoms with van der Waals surface area (Å²) in [4.78, 5) is 23.3. The van der Waals surface area contributed by atoms with Gasteiger partial charge in [-0.05, 0) is 43.9 Å². The fourth-order valence-corrected chi connectivity index (χ4v) is 3.17. The molecule has 0 fully saturated rings. The zero-order chi connectivity index (χ0) is 21.6. The molecule has 0 saturated heterocycles. The molecule has 0 saturated carbocycles. The summed E-state index contributed by atoms with van der Waals surface area (Å²) in [5.74, 6) is -0.445. The van der Waals surface area contributed by atoms with E-state index in [9.17, 15) is 18.0 Å². The van der Waals surface area contributed by atoms with Gasteiger partial charge in [-0.3, -0.25) is 4.79 Å². The summed E-state index contributed by atoms with van der Waals surface area (Å²) in [6.07, 6.45) is -0.693. The molecule has 0 aliphatic rings. The summed E-state index contributed by atoms with van der Waals surface area (Å²) in [5.41, 5.74) is 0.327. The Bertz CT molecular complexity index is 775. The Hall–Kier alpha value is -2.13. The van der Waals surface area contributed by atoms with Crippen LogP contribution in [0.25, 0.3) is 0 Å². The van der Waals surface area contributed by atoms with Gasteiger partial charge in [-0.25, -0.2) is 17.9 Å². The van der Waals surface area contributed by atoms with E-state index < -0.39 is 27.6 Å². The third-order valence-electron chi connectivity index (χ3n) is 3.56. The molecule has 0 atom stereocenters. The Morgan fingerprint density at radius 3 is 2.00 bits per heavy atom. The van der Waals surface area contributed by atoms with E-state index in [1.165, 1.54) is 0 Å². The predicted molar refractivity (Wildman–Crippen MR) is 108 cm³/mol. The van der Waals surface area contributed by atoms with Crippen LogP contribution in [0, 0.1) is 0 Å². The molecule has 9 heteroatoms. The summed E-state index contributed by atoms with van der Waals surface area (Å²) >= 11 is 0.